The van der Waals surface area contributed by atoms with Gasteiger partial charge in [-0.05, 0) is 6.07 Å². The quantitative estimate of drug-likeness (QED) is 0.874. The number of thiophene rings is 1. The van der Waals surface area contributed by atoms with Gasteiger partial charge in [0.1, 0.15) is 0 Å². The lowest BCUT2D eigenvalue weighted by atomic mass is 10.3. The van der Waals surface area contributed by atoms with Gasteiger partial charge < -0.3 is 5.32 Å². The average molecular weight is 248 g/mol. The molecule has 0 aromatic carbocycles. The first-order valence-corrected chi connectivity index (χ1v) is 5.49. The second-order valence-electron chi connectivity index (χ2n) is 2.69. The molecule has 0 fully saturated rings. The molecule has 2 aromatic heterocycles. The van der Waals surface area contributed by atoms with Gasteiger partial charge in [-0.1, -0.05) is 23.2 Å². The molecule has 0 unspecified atom stereocenters. The van der Waals surface area contributed by atoms with E-state index < -0.39 is 0 Å². The molecule has 0 radical (unpaired) electrons. The second-order valence-corrected chi connectivity index (χ2v) is 4.98. The van der Waals surface area contributed by atoms with E-state index in [2.05, 4.69) is 15.5 Å². The topological polar surface area (TPSA) is 40.7 Å². The maximum Gasteiger partial charge on any atom is 0.0993 e. The minimum absolute atomic E-state index is 0.654. The molecule has 14 heavy (non-hydrogen) atoms. The van der Waals surface area contributed by atoms with Crippen LogP contribution in [0.4, 0.5) is 5.69 Å². The number of halogens is 2. The molecule has 0 bridgehead atoms. The zero-order valence-electron chi connectivity index (χ0n) is 7.05. The smallest absolute Gasteiger partial charge is 0.0993 e. The van der Waals surface area contributed by atoms with Crippen LogP contribution in [-0.4, -0.2) is 10.2 Å². The molecule has 3 nitrogen and oxygen atoms in total. The summed E-state index contributed by atoms with van der Waals surface area (Å²) < 4.78 is 1.44. The van der Waals surface area contributed by atoms with E-state index in [0.29, 0.717) is 10.9 Å². The Kier molecular flexibility index (Phi) is 2.96. The molecule has 0 aliphatic heterocycles. The van der Waals surface area contributed by atoms with E-state index >= 15 is 0 Å². The fraction of sp³-hybridized carbons (Fsp3) is 0.125. The molecule has 0 saturated carbocycles. The molecule has 6 heteroatoms. The van der Waals surface area contributed by atoms with Crippen LogP contribution in [-0.2, 0) is 6.54 Å². The first kappa shape index (κ1) is 9.83. The number of rotatable bonds is 3. The third-order valence-corrected chi connectivity index (χ3v) is 3.28. The van der Waals surface area contributed by atoms with Gasteiger partial charge >= 0.3 is 0 Å². The van der Waals surface area contributed by atoms with Crippen molar-refractivity contribution in [1.82, 2.24) is 10.2 Å². The first-order chi connectivity index (χ1) is 6.75. The summed E-state index contributed by atoms with van der Waals surface area (Å²) in [6.07, 6.45) is 3.49. The number of aromatic amines is 1. The largest absolute Gasteiger partial charge is 0.378 e. The van der Waals surface area contributed by atoms with Gasteiger partial charge in [0.05, 0.1) is 20.6 Å². The summed E-state index contributed by atoms with van der Waals surface area (Å²) in [5.74, 6) is 0. The molecule has 0 amide bonds. The summed E-state index contributed by atoms with van der Waals surface area (Å²) in [5.41, 5.74) is 1.94. The van der Waals surface area contributed by atoms with Gasteiger partial charge in [0, 0.05) is 18.3 Å². The standard InChI is InChI=1S/C8H7Cl2N3S/c9-7-1-5(8(10)14-7)2-11-6-3-12-13-4-6/h1,3-4,11H,2H2,(H,12,13). The highest BCUT2D eigenvalue weighted by Gasteiger charge is 2.05. The predicted octanol–water partition coefficient (Wildman–Crippen LogP) is 3.39. The maximum atomic E-state index is 5.96. The zero-order chi connectivity index (χ0) is 9.97. The number of anilines is 1. The molecule has 0 saturated heterocycles. The Morgan fingerprint density at radius 1 is 1.50 bits per heavy atom. The van der Waals surface area contributed by atoms with Crippen LogP contribution in [0.5, 0.6) is 0 Å². The number of hydrogen-bond donors (Lipinski definition) is 2. The molecule has 2 aromatic rings. The number of hydrogen-bond acceptors (Lipinski definition) is 3. The monoisotopic (exact) mass is 247 g/mol. The molecular weight excluding hydrogens is 241 g/mol. The van der Waals surface area contributed by atoms with E-state index in [1.54, 1.807) is 12.4 Å². The van der Waals surface area contributed by atoms with Gasteiger partial charge in [0.15, 0.2) is 0 Å². The van der Waals surface area contributed by atoms with Crippen molar-refractivity contribution in [2.45, 2.75) is 6.54 Å². The molecule has 2 N–H and O–H groups in total. The summed E-state index contributed by atoms with van der Waals surface area (Å²) in [5, 5.41) is 9.70. The molecule has 0 aliphatic carbocycles. The molecular formula is C8H7Cl2N3S. The highest BCUT2D eigenvalue weighted by Crippen LogP contribution is 2.31. The Morgan fingerprint density at radius 3 is 2.93 bits per heavy atom. The first-order valence-electron chi connectivity index (χ1n) is 3.92. The molecule has 2 rings (SSSR count). The van der Waals surface area contributed by atoms with Crippen molar-refractivity contribution in [3.63, 3.8) is 0 Å². The number of nitrogens with one attached hydrogen (secondary N) is 2. The lowest BCUT2D eigenvalue weighted by molar-refractivity contribution is 1.09. The molecule has 0 aliphatic rings. The third-order valence-electron chi connectivity index (χ3n) is 1.71. The predicted molar refractivity (Wildman–Crippen MR) is 60.3 cm³/mol. The van der Waals surface area contributed by atoms with Crippen LogP contribution in [0.2, 0.25) is 8.67 Å². The highest BCUT2D eigenvalue weighted by atomic mass is 35.5. The van der Waals surface area contributed by atoms with Crippen LogP contribution in [0.25, 0.3) is 0 Å². The van der Waals surface area contributed by atoms with Crippen LogP contribution < -0.4 is 5.32 Å². The lowest BCUT2D eigenvalue weighted by Gasteiger charge is -2.00. The van der Waals surface area contributed by atoms with Gasteiger partial charge in [-0.3, -0.25) is 5.10 Å². The van der Waals surface area contributed by atoms with Crippen molar-refractivity contribution < 1.29 is 0 Å². The molecule has 2 heterocycles. The number of nitrogens with zero attached hydrogens (tertiary/aromatic N) is 1. The Hall–Kier alpha value is -0.710. The van der Waals surface area contributed by atoms with Crippen LogP contribution >= 0.6 is 34.5 Å². The highest BCUT2D eigenvalue weighted by molar-refractivity contribution is 7.20. The van der Waals surface area contributed by atoms with Crippen molar-refractivity contribution in [3.05, 3.63) is 32.7 Å². The van der Waals surface area contributed by atoms with Gasteiger partial charge in [-0.15, -0.1) is 11.3 Å². The van der Waals surface area contributed by atoms with E-state index in [-0.39, 0.29) is 0 Å². The van der Waals surface area contributed by atoms with Crippen LogP contribution in [0, 0.1) is 0 Å². The Balaban J connectivity index is 2.01. The van der Waals surface area contributed by atoms with E-state index in [4.69, 9.17) is 23.2 Å². The summed E-state index contributed by atoms with van der Waals surface area (Å²) in [7, 11) is 0. The summed E-state index contributed by atoms with van der Waals surface area (Å²) in [6, 6.07) is 1.86. The van der Waals surface area contributed by atoms with E-state index in [1.807, 2.05) is 6.07 Å². The van der Waals surface area contributed by atoms with Crippen LogP contribution in [0.1, 0.15) is 5.56 Å². The number of aromatic nitrogens is 2. The van der Waals surface area contributed by atoms with E-state index in [1.165, 1.54) is 11.3 Å². The van der Waals surface area contributed by atoms with Crippen molar-refractivity contribution in [2.24, 2.45) is 0 Å². The third kappa shape index (κ3) is 2.20. The minimum Gasteiger partial charge on any atom is -0.378 e. The van der Waals surface area contributed by atoms with Crippen molar-refractivity contribution >= 4 is 40.2 Å². The SMILES string of the molecule is Clc1cc(CNc2cn[nH]c2)c(Cl)s1. The van der Waals surface area contributed by atoms with Crippen LogP contribution in [0.15, 0.2) is 18.5 Å². The normalized spacial score (nSPS) is 10.4. The summed E-state index contributed by atoms with van der Waals surface area (Å²) in [6.45, 7) is 0.654. The number of H-pyrrole nitrogens is 1. The van der Waals surface area contributed by atoms with Crippen molar-refractivity contribution in [3.8, 4) is 0 Å². The van der Waals surface area contributed by atoms with Gasteiger partial charge in [-0.25, -0.2) is 0 Å². The minimum atomic E-state index is 0.654. The maximum absolute atomic E-state index is 5.96. The summed E-state index contributed by atoms with van der Waals surface area (Å²) >= 11 is 13.1. The Morgan fingerprint density at radius 2 is 2.36 bits per heavy atom. The molecule has 74 valence electrons. The van der Waals surface area contributed by atoms with Crippen LogP contribution in [0.3, 0.4) is 0 Å². The lowest BCUT2D eigenvalue weighted by Crippen LogP contribution is -1.96. The second kappa shape index (κ2) is 4.21. The van der Waals surface area contributed by atoms with E-state index in [9.17, 15) is 0 Å². The van der Waals surface area contributed by atoms with Crippen molar-refractivity contribution in [2.75, 3.05) is 5.32 Å². The Bertz CT molecular complexity index is 410. The van der Waals surface area contributed by atoms with Gasteiger partial charge in [0.2, 0.25) is 0 Å². The fourth-order valence-corrected chi connectivity index (χ4v) is 2.53. The van der Waals surface area contributed by atoms with Gasteiger partial charge in [-0.2, -0.15) is 5.10 Å². The Labute approximate surface area is 95.0 Å². The fourth-order valence-electron chi connectivity index (χ4n) is 1.04. The van der Waals surface area contributed by atoms with E-state index in [0.717, 1.165) is 15.6 Å². The molecule has 0 spiro atoms. The zero-order valence-corrected chi connectivity index (χ0v) is 9.38. The molecule has 0 atom stereocenters. The van der Waals surface area contributed by atoms with Gasteiger partial charge in [0.25, 0.3) is 0 Å². The average Bonchev–Trinajstić information content (AvgIpc) is 2.72. The summed E-state index contributed by atoms with van der Waals surface area (Å²) in [4.78, 5) is 0. The van der Waals surface area contributed by atoms with Crippen molar-refractivity contribution in [1.29, 1.82) is 0 Å².